The molecule has 1 N–H and O–H groups in total. The van der Waals surface area contributed by atoms with Crippen LogP contribution in [-0.2, 0) is 11.2 Å². The molecular weight excluding hydrogens is 271 g/mol. The Bertz CT molecular complexity index is 407. The summed E-state index contributed by atoms with van der Waals surface area (Å²) in [6.45, 7) is -2.07. The third kappa shape index (κ3) is 6.56. The molecular formula is C14H18F3NO2. The zero-order valence-electron chi connectivity index (χ0n) is 11.1. The Morgan fingerprint density at radius 2 is 1.85 bits per heavy atom. The maximum absolute atomic E-state index is 12.3. The molecule has 0 spiro atoms. The second-order valence-electron chi connectivity index (χ2n) is 4.49. The first kappa shape index (κ1) is 16.5. The summed E-state index contributed by atoms with van der Waals surface area (Å²) in [6, 6.07) is 9.44. The fourth-order valence-electron chi connectivity index (χ4n) is 1.88. The summed E-state index contributed by atoms with van der Waals surface area (Å²) in [4.78, 5) is 12.4. The van der Waals surface area contributed by atoms with Crippen LogP contribution >= 0.6 is 0 Å². The second kappa shape index (κ2) is 7.89. The Morgan fingerprint density at radius 1 is 1.20 bits per heavy atom. The molecule has 0 aromatic heterocycles. The predicted octanol–water partition coefficient (Wildman–Crippen LogP) is 2.39. The number of hydrogen-bond donors (Lipinski definition) is 1. The number of aryl methyl sites for hydroxylation is 1. The third-order valence-corrected chi connectivity index (χ3v) is 2.79. The lowest BCUT2D eigenvalue weighted by Gasteiger charge is -2.23. The van der Waals surface area contributed by atoms with Crippen LogP contribution in [0.3, 0.4) is 0 Å². The van der Waals surface area contributed by atoms with E-state index in [2.05, 4.69) is 0 Å². The Kier molecular flexibility index (Phi) is 6.51. The van der Waals surface area contributed by atoms with Gasteiger partial charge in [0.15, 0.2) is 0 Å². The molecule has 0 unspecified atom stereocenters. The SMILES string of the molecule is O=C(CCCc1ccccc1)N(CCO)CC(F)(F)F. The van der Waals surface area contributed by atoms with Gasteiger partial charge in [0.1, 0.15) is 6.54 Å². The Morgan fingerprint density at radius 3 is 2.40 bits per heavy atom. The normalized spacial score (nSPS) is 11.4. The van der Waals surface area contributed by atoms with E-state index in [1.54, 1.807) is 0 Å². The van der Waals surface area contributed by atoms with Crippen LogP contribution in [0.5, 0.6) is 0 Å². The molecule has 0 aliphatic carbocycles. The van der Waals surface area contributed by atoms with Crippen molar-refractivity contribution >= 4 is 5.91 Å². The quantitative estimate of drug-likeness (QED) is 0.837. The summed E-state index contributed by atoms with van der Waals surface area (Å²) in [5, 5.41) is 8.72. The van der Waals surface area contributed by atoms with Gasteiger partial charge in [-0.25, -0.2) is 0 Å². The van der Waals surface area contributed by atoms with E-state index in [4.69, 9.17) is 5.11 Å². The molecule has 20 heavy (non-hydrogen) atoms. The number of benzene rings is 1. The summed E-state index contributed by atoms with van der Waals surface area (Å²) in [5.41, 5.74) is 1.05. The maximum Gasteiger partial charge on any atom is 0.406 e. The van der Waals surface area contributed by atoms with Crippen molar-refractivity contribution in [3.05, 3.63) is 35.9 Å². The number of halogens is 3. The first-order valence-corrected chi connectivity index (χ1v) is 6.41. The van der Waals surface area contributed by atoms with Gasteiger partial charge >= 0.3 is 6.18 Å². The van der Waals surface area contributed by atoms with Crippen molar-refractivity contribution in [3.63, 3.8) is 0 Å². The number of carbonyl (C=O) groups is 1. The molecule has 1 aromatic carbocycles. The Labute approximate surface area is 116 Å². The lowest BCUT2D eigenvalue weighted by molar-refractivity contribution is -0.162. The number of aliphatic hydroxyl groups excluding tert-OH is 1. The number of amides is 1. The highest BCUT2D eigenvalue weighted by molar-refractivity contribution is 5.76. The van der Waals surface area contributed by atoms with Crippen molar-refractivity contribution in [3.8, 4) is 0 Å². The zero-order valence-corrected chi connectivity index (χ0v) is 11.1. The van der Waals surface area contributed by atoms with Crippen molar-refractivity contribution in [2.75, 3.05) is 19.7 Å². The highest BCUT2D eigenvalue weighted by Gasteiger charge is 2.32. The van der Waals surface area contributed by atoms with Crippen molar-refractivity contribution in [2.45, 2.75) is 25.4 Å². The molecule has 112 valence electrons. The first-order chi connectivity index (χ1) is 9.42. The van der Waals surface area contributed by atoms with E-state index in [-0.39, 0.29) is 13.0 Å². The average Bonchev–Trinajstić information content (AvgIpc) is 2.38. The summed E-state index contributed by atoms with van der Waals surface area (Å²) < 4.78 is 36.9. The summed E-state index contributed by atoms with van der Waals surface area (Å²) in [6.07, 6.45) is -3.26. The van der Waals surface area contributed by atoms with Gasteiger partial charge in [-0.3, -0.25) is 4.79 Å². The highest BCUT2D eigenvalue weighted by atomic mass is 19.4. The monoisotopic (exact) mass is 289 g/mol. The minimum atomic E-state index is -4.44. The van der Waals surface area contributed by atoms with Crippen molar-refractivity contribution in [1.29, 1.82) is 0 Å². The summed E-state index contributed by atoms with van der Waals surface area (Å²) >= 11 is 0. The minimum Gasteiger partial charge on any atom is -0.395 e. The maximum atomic E-state index is 12.3. The van der Waals surface area contributed by atoms with Crippen LogP contribution in [0.1, 0.15) is 18.4 Å². The Hall–Kier alpha value is -1.56. The van der Waals surface area contributed by atoms with E-state index in [1.165, 1.54) is 0 Å². The number of nitrogens with zero attached hydrogens (tertiary/aromatic N) is 1. The molecule has 0 fully saturated rings. The van der Waals surface area contributed by atoms with E-state index < -0.39 is 25.2 Å². The second-order valence-corrected chi connectivity index (χ2v) is 4.49. The molecule has 3 nitrogen and oxygen atoms in total. The highest BCUT2D eigenvalue weighted by Crippen LogP contribution is 2.17. The molecule has 0 atom stereocenters. The molecule has 0 saturated carbocycles. The van der Waals surface area contributed by atoms with Gasteiger partial charge in [0.2, 0.25) is 5.91 Å². The molecule has 1 aromatic rings. The molecule has 1 rings (SSSR count). The van der Waals surface area contributed by atoms with Gasteiger partial charge in [-0.2, -0.15) is 13.2 Å². The molecule has 0 saturated heterocycles. The molecule has 0 aliphatic rings. The van der Waals surface area contributed by atoms with E-state index in [1.807, 2.05) is 30.3 Å². The van der Waals surface area contributed by atoms with Crippen LogP contribution in [-0.4, -0.2) is 41.8 Å². The number of aliphatic hydroxyl groups is 1. The van der Waals surface area contributed by atoms with Crippen LogP contribution in [0.2, 0.25) is 0 Å². The fourth-order valence-corrected chi connectivity index (χ4v) is 1.88. The van der Waals surface area contributed by atoms with Crippen LogP contribution in [0, 0.1) is 0 Å². The Balaban J connectivity index is 2.42. The third-order valence-electron chi connectivity index (χ3n) is 2.79. The van der Waals surface area contributed by atoms with Gasteiger partial charge in [-0.15, -0.1) is 0 Å². The fraction of sp³-hybridized carbons (Fsp3) is 0.500. The van der Waals surface area contributed by atoms with E-state index in [0.29, 0.717) is 17.7 Å². The van der Waals surface area contributed by atoms with Crippen molar-refractivity contribution in [1.82, 2.24) is 4.90 Å². The van der Waals surface area contributed by atoms with Crippen LogP contribution in [0.15, 0.2) is 30.3 Å². The topological polar surface area (TPSA) is 40.5 Å². The molecule has 0 bridgehead atoms. The van der Waals surface area contributed by atoms with Crippen molar-refractivity contribution < 1.29 is 23.1 Å². The minimum absolute atomic E-state index is 0.0466. The number of alkyl halides is 3. The molecule has 6 heteroatoms. The van der Waals surface area contributed by atoms with Crippen molar-refractivity contribution in [2.24, 2.45) is 0 Å². The summed E-state index contributed by atoms with van der Waals surface area (Å²) in [7, 11) is 0. The van der Waals surface area contributed by atoms with Gasteiger partial charge < -0.3 is 10.0 Å². The van der Waals surface area contributed by atoms with Gasteiger partial charge in [0, 0.05) is 13.0 Å². The smallest absolute Gasteiger partial charge is 0.395 e. The lowest BCUT2D eigenvalue weighted by atomic mass is 10.1. The first-order valence-electron chi connectivity index (χ1n) is 6.41. The van der Waals surface area contributed by atoms with Crippen LogP contribution in [0.25, 0.3) is 0 Å². The molecule has 0 aliphatic heterocycles. The molecule has 0 heterocycles. The lowest BCUT2D eigenvalue weighted by Crippen LogP contribution is -2.40. The molecule has 1 amide bonds. The van der Waals surface area contributed by atoms with Gasteiger partial charge in [-0.1, -0.05) is 30.3 Å². The van der Waals surface area contributed by atoms with Gasteiger partial charge in [0.05, 0.1) is 6.61 Å². The van der Waals surface area contributed by atoms with Crippen LogP contribution < -0.4 is 0 Å². The molecule has 0 radical (unpaired) electrons. The standard InChI is InChI=1S/C14H18F3NO2/c15-14(16,17)11-18(9-10-19)13(20)8-4-7-12-5-2-1-3-6-12/h1-3,5-6,19H,4,7-11H2. The van der Waals surface area contributed by atoms with Gasteiger partial charge in [0.25, 0.3) is 0 Å². The van der Waals surface area contributed by atoms with E-state index in [0.717, 1.165) is 5.56 Å². The van der Waals surface area contributed by atoms with E-state index >= 15 is 0 Å². The largest absolute Gasteiger partial charge is 0.406 e. The number of rotatable bonds is 7. The van der Waals surface area contributed by atoms with E-state index in [9.17, 15) is 18.0 Å². The predicted molar refractivity (Wildman–Crippen MR) is 69.1 cm³/mol. The number of carbonyl (C=O) groups excluding carboxylic acids is 1. The number of hydrogen-bond acceptors (Lipinski definition) is 2. The average molecular weight is 289 g/mol. The summed E-state index contributed by atoms with van der Waals surface area (Å²) in [5.74, 6) is -0.577. The van der Waals surface area contributed by atoms with Gasteiger partial charge in [-0.05, 0) is 18.4 Å². The van der Waals surface area contributed by atoms with Crippen LogP contribution in [0.4, 0.5) is 13.2 Å². The zero-order chi connectivity index (χ0) is 15.0.